The highest BCUT2D eigenvalue weighted by Crippen LogP contribution is 2.25. The molecule has 0 fully saturated rings. The van der Waals surface area contributed by atoms with E-state index in [2.05, 4.69) is 10.4 Å². The molecule has 100 valence electrons. The normalized spacial score (nSPS) is 12.4. The van der Waals surface area contributed by atoms with Crippen molar-refractivity contribution >= 4 is 11.6 Å². The van der Waals surface area contributed by atoms with Gasteiger partial charge in [0.25, 0.3) is 0 Å². The Bertz CT molecular complexity index is 574. The summed E-state index contributed by atoms with van der Waals surface area (Å²) in [6.07, 6.45) is 3.99. The van der Waals surface area contributed by atoms with Crippen LogP contribution in [0.2, 0.25) is 5.02 Å². The summed E-state index contributed by atoms with van der Waals surface area (Å²) in [5.74, 6) is 5.30. The summed E-state index contributed by atoms with van der Waals surface area (Å²) in [6, 6.07) is 6.09. The van der Waals surface area contributed by atoms with Crippen LogP contribution in [0.3, 0.4) is 0 Å². The smallest absolute Gasteiger partial charge is 0.123 e. The molecule has 0 radical (unpaired) electrons. The van der Waals surface area contributed by atoms with Gasteiger partial charge in [-0.1, -0.05) is 11.6 Å². The largest absolute Gasteiger partial charge is 0.271 e. The minimum atomic E-state index is -0.304. The predicted molar refractivity (Wildman–Crippen MR) is 74.2 cm³/mol. The molecule has 1 aromatic carbocycles. The van der Waals surface area contributed by atoms with Gasteiger partial charge in [0.1, 0.15) is 5.82 Å². The van der Waals surface area contributed by atoms with Crippen LogP contribution in [-0.4, -0.2) is 4.98 Å². The lowest BCUT2D eigenvalue weighted by molar-refractivity contribution is 0.545. The fourth-order valence-electron chi connectivity index (χ4n) is 2.05. The van der Waals surface area contributed by atoms with Crippen LogP contribution >= 0.6 is 11.6 Å². The number of aryl methyl sites for hydroxylation is 1. The fourth-order valence-corrected chi connectivity index (χ4v) is 2.25. The minimum Gasteiger partial charge on any atom is -0.271 e. The molecule has 0 bridgehead atoms. The molecular formula is C14H15ClFN3. The van der Waals surface area contributed by atoms with Gasteiger partial charge in [-0.15, -0.1) is 0 Å². The van der Waals surface area contributed by atoms with E-state index >= 15 is 0 Å². The van der Waals surface area contributed by atoms with E-state index in [0.29, 0.717) is 11.4 Å². The quantitative estimate of drug-likeness (QED) is 0.668. The second-order valence-electron chi connectivity index (χ2n) is 4.39. The monoisotopic (exact) mass is 279 g/mol. The van der Waals surface area contributed by atoms with E-state index < -0.39 is 0 Å². The number of nitrogens with one attached hydrogen (secondary N) is 1. The molecule has 0 aliphatic rings. The number of aromatic nitrogens is 1. The van der Waals surface area contributed by atoms with Gasteiger partial charge < -0.3 is 0 Å². The maximum atomic E-state index is 13.3. The highest BCUT2D eigenvalue weighted by molar-refractivity contribution is 6.31. The standard InChI is InChI=1S/C14H15ClFN3/c1-9-8-18-5-4-12(9)14(19-17)7-10-6-11(16)2-3-13(10)15/h2-6,8,14,19H,7,17H2,1H3. The number of nitrogens with zero attached hydrogens (tertiary/aromatic N) is 1. The predicted octanol–water partition coefficient (Wildman–Crippen LogP) is 2.93. The van der Waals surface area contributed by atoms with Gasteiger partial charge >= 0.3 is 0 Å². The molecule has 0 saturated heterocycles. The first-order valence-electron chi connectivity index (χ1n) is 5.92. The molecule has 3 N–H and O–H groups in total. The zero-order valence-corrected chi connectivity index (χ0v) is 11.3. The first kappa shape index (κ1) is 13.9. The Labute approximate surface area is 116 Å². The van der Waals surface area contributed by atoms with Gasteiger partial charge in [-0.05, 0) is 54.3 Å². The average molecular weight is 280 g/mol. The lowest BCUT2D eigenvalue weighted by atomic mass is 9.97. The van der Waals surface area contributed by atoms with Crippen LogP contribution in [-0.2, 0) is 6.42 Å². The first-order valence-corrected chi connectivity index (χ1v) is 6.30. The van der Waals surface area contributed by atoms with Crippen LogP contribution in [0.15, 0.2) is 36.7 Å². The van der Waals surface area contributed by atoms with Crippen LogP contribution in [0.5, 0.6) is 0 Å². The van der Waals surface area contributed by atoms with Crippen molar-refractivity contribution in [3.8, 4) is 0 Å². The Morgan fingerprint density at radius 1 is 1.42 bits per heavy atom. The maximum Gasteiger partial charge on any atom is 0.123 e. The number of benzene rings is 1. The van der Waals surface area contributed by atoms with E-state index in [1.807, 2.05) is 13.0 Å². The highest BCUT2D eigenvalue weighted by Gasteiger charge is 2.15. The molecule has 0 aliphatic heterocycles. The number of rotatable bonds is 4. The third-order valence-electron chi connectivity index (χ3n) is 3.07. The fraction of sp³-hybridized carbons (Fsp3) is 0.214. The minimum absolute atomic E-state index is 0.137. The average Bonchev–Trinajstić information content (AvgIpc) is 2.41. The number of hydrazine groups is 1. The molecule has 2 rings (SSSR count). The Morgan fingerprint density at radius 2 is 2.21 bits per heavy atom. The van der Waals surface area contributed by atoms with Gasteiger partial charge in [-0.2, -0.15) is 0 Å². The van der Waals surface area contributed by atoms with Gasteiger partial charge in [0, 0.05) is 17.4 Å². The summed E-state index contributed by atoms with van der Waals surface area (Å²) < 4.78 is 13.3. The van der Waals surface area contributed by atoms with Crippen molar-refractivity contribution in [3.63, 3.8) is 0 Å². The van der Waals surface area contributed by atoms with Crippen LogP contribution in [0.4, 0.5) is 4.39 Å². The molecule has 0 aliphatic carbocycles. The van der Waals surface area contributed by atoms with E-state index in [9.17, 15) is 4.39 Å². The number of pyridine rings is 1. The topological polar surface area (TPSA) is 50.9 Å². The van der Waals surface area contributed by atoms with Gasteiger partial charge in [0.15, 0.2) is 0 Å². The molecule has 1 aromatic heterocycles. The Balaban J connectivity index is 2.29. The molecule has 5 heteroatoms. The Kier molecular flexibility index (Phi) is 4.47. The van der Waals surface area contributed by atoms with Crippen molar-refractivity contribution in [2.24, 2.45) is 5.84 Å². The molecule has 3 nitrogen and oxygen atoms in total. The van der Waals surface area contributed by atoms with E-state index in [4.69, 9.17) is 17.4 Å². The van der Waals surface area contributed by atoms with Gasteiger partial charge in [-0.3, -0.25) is 16.3 Å². The summed E-state index contributed by atoms with van der Waals surface area (Å²) in [7, 11) is 0. The Hall–Kier alpha value is -1.49. The third kappa shape index (κ3) is 3.29. The summed E-state index contributed by atoms with van der Waals surface area (Å²) in [4.78, 5) is 4.05. The number of hydrogen-bond acceptors (Lipinski definition) is 3. The zero-order chi connectivity index (χ0) is 13.8. The highest BCUT2D eigenvalue weighted by atomic mass is 35.5. The number of nitrogens with two attached hydrogens (primary N) is 1. The summed E-state index contributed by atoms with van der Waals surface area (Å²) in [5, 5.41) is 0.536. The van der Waals surface area contributed by atoms with E-state index in [0.717, 1.165) is 16.7 Å². The van der Waals surface area contributed by atoms with Gasteiger partial charge in [0.05, 0.1) is 6.04 Å². The maximum absolute atomic E-state index is 13.3. The SMILES string of the molecule is Cc1cnccc1C(Cc1cc(F)ccc1Cl)NN. The second-order valence-corrected chi connectivity index (χ2v) is 4.80. The van der Waals surface area contributed by atoms with Crippen molar-refractivity contribution < 1.29 is 4.39 Å². The van der Waals surface area contributed by atoms with Crippen molar-refractivity contribution in [1.29, 1.82) is 0 Å². The lowest BCUT2D eigenvalue weighted by Crippen LogP contribution is -2.30. The second kappa shape index (κ2) is 6.10. The zero-order valence-electron chi connectivity index (χ0n) is 10.5. The van der Waals surface area contributed by atoms with Crippen LogP contribution < -0.4 is 11.3 Å². The van der Waals surface area contributed by atoms with E-state index in [-0.39, 0.29) is 11.9 Å². The molecular weight excluding hydrogens is 265 g/mol. The van der Waals surface area contributed by atoms with E-state index in [1.54, 1.807) is 18.5 Å². The number of hydrogen-bond donors (Lipinski definition) is 2. The molecule has 1 unspecified atom stereocenters. The van der Waals surface area contributed by atoms with Crippen molar-refractivity contribution in [3.05, 3.63) is 64.2 Å². The molecule has 1 heterocycles. The third-order valence-corrected chi connectivity index (χ3v) is 3.44. The molecule has 19 heavy (non-hydrogen) atoms. The summed E-state index contributed by atoms with van der Waals surface area (Å²) in [5.41, 5.74) is 5.52. The van der Waals surface area contributed by atoms with Crippen molar-refractivity contribution in [2.75, 3.05) is 0 Å². The molecule has 2 aromatic rings. The van der Waals surface area contributed by atoms with Crippen LogP contribution in [0, 0.1) is 12.7 Å². The van der Waals surface area contributed by atoms with Crippen LogP contribution in [0.1, 0.15) is 22.7 Å². The van der Waals surface area contributed by atoms with Gasteiger partial charge in [-0.25, -0.2) is 4.39 Å². The summed E-state index contributed by atoms with van der Waals surface area (Å²) >= 11 is 6.08. The van der Waals surface area contributed by atoms with Crippen molar-refractivity contribution in [2.45, 2.75) is 19.4 Å². The lowest BCUT2D eigenvalue weighted by Gasteiger charge is -2.19. The summed E-state index contributed by atoms with van der Waals surface area (Å²) in [6.45, 7) is 1.96. The molecule has 0 amide bonds. The molecule has 0 spiro atoms. The van der Waals surface area contributed by atoms with E-state index in [1.165, 1.54) is 12.1 Å². The molecule has 0 saturated carbocycles. The number of halogens is 2. The first-order chi connectivity index (χ1) is 9.11. The van der Waals surface area contributed by atoms with Crippen LogP contribution in [0.25, 0.3) is 0 Å². The molecule has 1 atom stereocenters. The van der Waals surface area contributed by atoms with Gasteiger partial charge in [0.2, 0.25) is 0 Å². The Morgan fingerprint density at radius 3 is 2.89 bits per heavy atom. The van der Waals surface area contributed by atoms with Crippen molar-refractivity contribution in [1.82, 2.24) is 10.4 Å².